The van der Waals surface area contributed by atoms with E-state index in [1.54, 1.807) is 0 Å². The number of rotatable bonds is 15. The van der Waals surface area contributed by atoms with Gasteiger partial charge < -0.3 is 18.9 Å². The monoisotopic (exact) mass is 1370 g/mol. The molecule has 18 aromatic carbocycles. The molecule has 0 fully saturated rings. The van der Waals surface area contributed by atoms with Gasteiger partial charge in [0.2, 0.25) is 0 Å². The molecule has 0 radical (unpaired) electrons. The van der Waals surface area contributed by atoms with Crippen LogP contribution in [0.5, 0.6) is 0 Å². The van der Waals surface area contributed by atoms with Crippen molar-refractivity contribution in [2.75, 3.05) is 9.80 Å². The van der Waals surface area contributed by atoms with Crippen molar-refractivity contribution in [2.45, 2.75) is 0 Å². The van der Waals surface area contributed by atoms with E-state index in [4.69, 9.17) is 0 Å². The zero-order valence-corrected chi connectivity index (χ0v) is 59.2. The van der Waals surface area contributed by atoms with Crippen LogP contribution in [0.15, 0.2) is 425 Å². The quantitative estimate of drug-likeness (QED) is 0.0951. The van der Waals surface area contributed by atoms with Crippen molar-refractivity contribution in [1.29, 1.82) is 0 Å². The maximum Gasteiger partial charge on any atom is 0.0547 e. The molecule has 0 atom stereocenters. The van der Waals surface area contributed by atoms with Crippen molar-refractivity contribution >= 4 is 99.3 Å². The van der Waals surface area contributed by atoms with Gasteiger partial charge in [0.05, 0.1) is 33.4 Å². The highest BCUT2D eigenvalue weighted by molar-refractivity contribution is 6.18. The molecule has 0 amide bonds. The van der Waals surface area contributed by atoms with Gasteiger partial charge in [0.1, 0.15) is 0 Å². The van der Waals surface area contributed by atoms with Crippen LogP contribution in [0.3, 0.4) is 0 Å². The molecule has 0 saturated carbocycles. The largest absolute Gasteiger partial charge is 0.310 e. The summed E-state index contributed by atoms with van der Waals surface area (Å²) in [4.78, 5) is 4.90. The fraction of sp³-hybridized carbons (Fsp3) is 0. The number of nitrogens with zero attached hydrogens (tertiary/aromatic N) is 4. The summed E-state index contributed by atoms with van der Waals surface area (Å²) in [5.41, 5.74) is 29.2. The molecule has 0 bridgehead atoms. The second kappa shape index (κ2) is 27.1. The number of hydrogen-bond acceptors (Lipinski definition) is 2. The zero-order valence-electron chi connectivity index (χ0n) is 59.2. The van der Waals surface area contributed by atoms with Gasteiger partial charge >= 0.3 is 0 Å². The Hall–Kier alpha value is -14.3. The number of benzene rings is 18. The highest BCUT2D eigenvalue weighted by Crippen LogP contribution is 2.49. The van der Waals surface area contributed by atoms with E-state index in [1.165, 1.54) is 87.4 Å². The first kappa shape index (κ1) is 63.4. The summed E-state index contributed by atoms with van der Waals surface area (Å²) in [6.45, 7) is 0. The van der Waals surface area contributed by atoms with Gasteiger partial charge in [-0.15, -0.1) is 0 Å². The molecule has 506 valence electrons. The normalized spacial score (nSPS) is 11.5. The van der Waals surface area contributed by atoms with Gasteiger partial charge in [-0.1, -0.05) is 297 Å². The van der Waals surface area contributed by atoms with Crippen LogP contribution >= 0.6 is 0 Å². The van der Waals surface area contributed by atoms with Gasteiger partial charge in [-0.3, -0.25) is 0 Å². The van der Waals surface area contributed by atoms with Crippen molar-refractivity contribution in [3.05, 3.63) is 425 Å². The number of aromatic nitrogens is 2. The zero-order chi connectivity index (χ0) is 71.4. The first-order chi connectivity index (χ1) is 53.6. The summed E-state index contributed by atoms with van der Waals surface area (Å²) in [6.07, 6.45) is 0. The SMILES string of the molecule is c1ccc(-c2ccc(N(c3cccc(-c4ccc(-c5cccc(-c6cccc7c6c6ccccc6n7-c6ccccc6)c5)c(N(c5ccccc5)c5ccc(-c6cc7ccccc7c7ccccc67)cc5)c4)c3)c3ccccc3-c3cccc(-c4cccc5c4c4ccccc4n5-c4ccccc4)c3)cc2)cc1. The maximum absolute atomic E-state index is 2.46. The Morgan fingerprint density at radius 2 is 0.537 bits per heavy atom. The number of hydrogen-bond donors (Lipinski definition) is 0. The van der Waals surface area contributed by atoms with Crippen molar-refractivity contribution < 1.29 is 0 Å². The fourth-order valence-corrected chi connectivity index (χ4v) is 16.8. The molecule has 0 saturated heterocycles. The van der Waals surface area contributed by atoms with Gasteiger partial charge in [0.15, 0.2) is 0 Å². The molecule has 0 spiro atoms. The number of para-hydroxylation sites is 6. The van der Waals surface area contributed by atoms with Crippen LogP contribution in [0.2, 0.25) is 0 Å². The van der Waals surface area contributed by atoms with Gasteiger partial charge in [-0.25, -0.2) is 0 Å². The standard InChI is InChI=1S/C104H70N4/c1-5-28-71(29-6-1)72-56-61-85(62-57-72)106(97-51-20-17-44-88(97)76-32-23-34-78(66-76)90-49-26-54-100-103(90)94-47-18-21-52-98(94)107(100)82-38-9-3-10-39-82)86-42-25-31-74(68-86)75-60-65-89(77-33-24-35-79(67-77)91-50-27-55-101-104(91)95-48-19-22-53-99(95)108(101)83-40-11-4-12-41-83)102(70-75)105(81-36-7-2-8-37-81)84-63-58-73(59-64-84)96-69-80-30-13-14-43-87(80)92-45-15-16-46-93(92)96/h1-70H. The second-order valence-corrected chi connectivity index (χ2v) is 27.9. The van der Waals surface area contributed by atoms with Gasteiger partial charge in [0, 0.05) is 66.8 Å². The van der Waals surface area contributed by atoms with E-state index < -0.39 is 0 Å². The second-order valence-electron chi connectivity index (χ2n) is 27.9. The minimum absolute atomic E-state index is 1.03. The molecule has 0 aliphatic heterocycles. The minimum Gasteiger partial charge on any atom is -0.310 e. The molecule has 20 rings (SSSR count). The third-order valence-corrected chi connectivity index (χ3v) is 21.7. The molecule has 0 unspecified atom stereocenters. The Labute approximate surface area is 628 Å². The Bertz CT molecular complexity index is 6780. The lowest BCUT2D eigenvalue weighted by Gasteiger charge is -2.30. The number of fused-ring (bicyclic) bond motifs is 9. The molecule has 2 aromatic heterocycles. The third-order valence-electron chi connectivity index (χ3n) is 21.7. The highest BCUT2D eigenvalue weighted by Gasteiger charge is 2.25. The van der Waals surface area contributed by atoms with E-state index in [1.807, 2.05) is 0 Å². The van der Waals surface area contributed by atoms with E-state index in [9.17, 15) is 0 Å². The average Bonchev–Trinajstić information content (AvgIpc) is 1.52. The van der Waals surface area contributed by atoms with Crippen molar-refractivity contribution in [3.8, 4) is 89.3 Å². The number of anilines is 6. The summed E-state index contributed by atoms with van der Waals surface area (Å²) in [5.74, 6) is 0. The van der Waals surface area contributed by atoms with E-state index in [-0.39, 0.29) is 0 Å². The Morgan fingerprint density at radius 1 is 0.167 bits per heavy atom. The van der Waals surface area contributed by atoms with E-state index in [0.29, 0.717) is 0 Å². The van der Waals surface area contributed by atoms with Gasteiger partial charge in [-0.2, -0.15) is 0 Å². The molecule has 0 aliphatic carbocycles. The molecular weight excluding hydrogens is 1310 g/mol. The Kier molecular flexibility index (Phi) is 15.9. The average molecular weight is 1380 g/mol. The van der Waals surface area contributed by atoms with Crippen LogP contribution in [0, 0.1) is 0 Å². The summed E-state index contributed by atoms with van der Waals surface area (Å²) in [5, 5.41) is 9.86. The smallest absolute Gasteiger partial charge is 0.0547 e. The van der Waals surface area contributed by atoms with Crippen LogP contribution in [0.1, 0.15) is 0 Å². The molecule has 0 aliphatic rings. The molecule has 4 heteroatoms. The fourth-order valence-electron chi connectivity index (χ4n) is 16.8. The first-order valence-electron chi connectivity index (χ1n) is 37.1. The lowest BCUT2D eigenvalue weighted by Crippen LogP contribution is -2.12. The maximum atomic E-state index is 2.46. The summed E-state index contributed by atoms with van der Waals surface area (Å²) < 4.78 is 4.81. The molecule has 20 aromatic rings. The van der Waals surface area contributed by atoms with Gasteiger partial charge in [0.25, 0.3) is 0 Å². The van der Waals surface area contributed by atoms with Crippen LogP contribution in [-0.4, -0.2) is 9.13 Å². The van der Waals surface area contributed by atoms with Crippen LogP contribution in [0.25, 0.3) is 154 Å². The van der Waals surface area contributed by atoms with Crippen molar-refractivity contribution in [3.63, 3.8) is 0 Å². The lowest BCUT2D eigenvalue weighted by molar-refractivity contribution is 1.18. The van der Waals surface area contributed by atoms with Crippen molar-refractivity contribution in [2.24, 2.45) is 0 Å². The lowest BCUT2D eigenvalue weighted by atomic mass is 9.92. The Morgan fingerprint density at radius 3 is 1.14 bits per heavy atom. The van der Waals surface area contributed by atoms with E-state index in [2.05, 4.69) is 444 Å². The predicted octanol–water partition coefficient (Wildman–Crippen LogP) is 28.8. The third kappa shape index (κ3) is 11.2. The molecule has 4 nitrogen and oxygen atoms in total. The van der Waals surface area contributed by atoms with Crippen LogP contribution < -0.4 is 9.80 Å². The Balaban J connectivity index is 0.753. The van der Waals surface area contributed by atoms with Gasteiger partial charge in [-0.05, 0) is 216 Å². The molecule has 2 heterocycles. The molecular formula is C104H70N4. The van der Waals surface area contributed by atoms with Crippen LogP contribution in [0.4, 0.5) is 34.1 Å². The van der Waals surface area contributed by atoms with Crippen LogP contribution in [-0.2, 0) is 0 Å². The summed E-state index contributed by atoms with van der Waals surface area (Å²) in [6, 6.07) is 156. The minimum atomic E-state index is 1.03. The predicted molar refractivity (Wildman–Crippen MR) is 458 cm³/mol. The van der Waals surface area contributed by atoms with E-state index in [0.717, 1.165) is 101 Å². The summed E-state index contributed by atoms with van der Waals surface area (Å²) >= 11 is 0. The van der Waals surface area contributed by atoms with E-state index >= 15 is 0 Å². The highest BCUT2D eigenvalue weighted by atomic mass is 15.2. The molecule has 108 heavy (non-hydrogen) atoms. The topological polar surface area (TPSA) is 16.3 Å². The van der Waals surface area contributed by atoms with Crippen molar-refractivity contribution in [1.82, 2.24) is 9.13 Å². The summed E-state index contributed by atoms with van der Waals surface area (Å²) in [7, 11) is 0. The first-order valence-corrected chi connectivity index (χ1v) is 37.1. The molecule has 0 N–H and O–H groups in total.